The summed E-state index contributed by atoms with van der Waals surface area (Å²) in [6.07, 6.45) is -0.211. The van der Waals surface area contributed by atoms with Crippen LogP contribution in [0.1, 0.15) is 10.4 Å². The van der Waals surface area contributed by atoms with Crippen LogP contribution in [0.25, 0.3) is 5.69 Å². The highest BCUT2D eigenvalue weighted by molar-refractivity contribution is 5.94. The molecule has 1 aromatic heterocycles. The quantitative estimate of drug-likeness (QED) is 0.628. The van der Waals surface area contributed by atoms with Crippen LogP contribution < -0.4 is 5.32 Å². The number of aliphatic hydroxyl groups is 1. The van der Waals surface area contributed by atoms with Crippen molar-refractivity contribution in [1.82, 2.24) is 25.5 Å². The molecule has 20 heavy (non-hydrogen) atoms. The monoisotopic (exact) mass is 277 g/mol. The highest BCUT2D eigenvalue weighted by atomic mass is 16.4. The van der Waals surface area contributed by atoms with Crippen LogP contribution in [-0.2, 0) is 4.79 Å². The number of tetrazole rings is 1. The molecular formula is C11H11N5O4. The van der Waals surface area contributed by atoms with Gasteiger partial charge >= 0.3 is 5.97 Å². The number of carbonyl (C=O) groups excluding carboxylic acids is 1. The smallest absolute Gasteiger partial charge is 0.334 e. The number of nitrogens with one attached hydrogen (secondary N) is 1. The molecule has 2 rings (SSSR count). The average molecular weight is 277 g/mol. The standard InChI is InChI=1S/C11H11N5O4/c17-9(11(19)20)5-12-10(18)7-1-3-8(4-2-7)16-6-13-14-15-16/h1-4,6,9,17H,5H2,(H,12,18)(H,19,20). The first kappa shape index (κ1) is 13.6. The van der Waals surface area contributed by atoms with E-state index >= 15 is 0 Å². The summed E-state index contributed by atoms with van der Waals surface area (Å²) >= 11 is 0. The van der Waals surface area contributed by atoms with E-state index in [1.54, 1.807) is 24.3 Å². The lowest BCUT2D eigenvalue weighted by Crippen LogP contribution is -2.36. The Balaban J connectivity index is 1.99. The molecule has 0 fully saturated rings. The number of carboxylic acid groups (broad SMARTS) is 1. The van der Waals surface area contributed by atoms with Crippen molar-refractivity contribution in [2.75, 3.05) is 6.54 Å². The Hall–Kier alpha value is -2.81. The molecule has 1 amide bonds. The number of aromatic nitrogens is 4. The number of hydrogen-bond donors (Lipinski definition) is 3. The van der Waals surface area contributed by atoms with Crippen LogP contribution in [-0.4, -0.2) is 54.9 Å². The van der Waals surface area contributed by atoms with Gasteiger partial charge < -0.3 is 15.5 Å². The first-order valence-electron chi connectivity index (χ1n) is 5.60. The van der Waals surface area contributed by atoms with Crippen molar-refractivity contribution in [3.05, 3.63) is 36.2 Å². The van der Waals surface area contributed by atoms with Gasteiger partial charge in [0.1, 0.15) is 6.33 Å². The molecule has 1 aromatic carbocycles. The molecule has 0 saturated carbocycles. The third kappa shape index (κ3) is 3.14. The maximum absolute atomic E-state index is 11.7. The number of rotatable bonds is 5. The highest BCUT2D eigenvalue weighted by Crippen LogP contribution is 2.07. The maximum Gasteiger partial charge on any atom is 0.334 e. The zero-order valence-electron chi connectivity index (χ0n) is 10.2. The van der Waals surface area contributed by atoms with Gasteiger partial charge in [-0.05, 0) is 34.7 Å². The lowest BCUT2D eigenvalue weighted by molar-refractivity contribution is -0.146. The SMILES string of the molecule is O=C(NCC(O)C(=O)O)c1ccc(-n2cnnn2)cc1. The summed E-state index contributed by atoms with van der Waals surface area (Å²) in [7, 11) is 0. The Morgan fingerprint density at radius 1 is 1.30 bits per heavy atom. The third-order valence-electron chi connectivity index (χ3n) is 2.48. The predicted octanol–water partition coefficient (Wildman–Crippen LogP) is -1.16. The maximum atomic E-state index is 11.7. The zero-order valence-corrected chi connectivity index (χ0v) is 10.2. The van der Waals surface area contributed by atoms with Crippen molar-refractivity contribution >= 4 is 11.9 Å². The van der Waals surface area contributed by atoms with Crippen molar-refractivity contribution in [2.45, 2.75) is 6.10 Å². The Labute approximate surface area is 112 Å². The largest absolute Gasteiger partial charge is 0.479 e. The van der Waals surface area contributed by atoms with Crippen LogP contribution in [0, 0.1) is 0 Å². The fourth-order valence-electron chi connectivity index (χ4n) is 1.42. The minimum Gasteiger partial charge on any atom is -0.479 e. The van der Waals surface area contributed by atoms with Gasteiger partial charge in [0.25, 0.3) is 5.91 Å². The minimum atomic E-state index is -1.63. The molecule has 1 atom stereocenters. The molecule has 0 bridgehead atoms. The summed E-state index contributed by atoms with van der Waals surface area (Å²) in [5.74, 6) is -1.87. The molecule has 2 aromatic rings. The summed E-state index contributed by atoms with van der Waals surface area (Å²) in [6.45, 7) is -0.358. The van der Waals surface area contributed by atoms with Gasteiger partial charge in [-0.3, -0.25) is 4.79 Å². The molecule has 9 heteroatoms. The van der Waals surface area contributed by atoms with E-state index in [1.807, 2.05) is 0 Å². The van der Waals surface area contributed by atoms with Crippen molar-refractivity contribution < 1.29 is 19.8 Å². The van der Waals surface area contributed by atoms with Crippen LogP contribution in [0.15, 0.2) is 30.6 Å². The van der Waals surface area contributed by atoms with Gasteiger partial charge in [-0.25, -0.2) is 9.48 Å². The first-order chi connectivity index (χ1) is 9.58. The number of carbonyl (C=O) groups is 2. The topological polar surface area (TPSA) is 130 Å². The highest BCUT2D eigenvalue weighted by Gasteiger charge is 2.14. The zero-order chi connectivity index (χ0) is 14.5. The fraction of sp³-hybridized carbons (Fsp3) is 0.182. The van der Waals surface area contributed by atoms with Crippen molar-refractivity contribution in [3.63, 3.8) is 0 Å². The number of carboxylic acids is 1. The Bertz CT molecular complexity index is 596. The summed E-state index contributed by atoms with van der Waals surface area (Å²) in [4.78, 5) is 22.1. The van der Waals surface area contributed by atoms with Gasteiger partial charge in [-0.2, -0.15) is 0 Å². The molecule has 0 saturated heterocycles. The number of aliphatic carboxylic acids is 1. The molecule has 104 valence electrons. The van der Waals surface area contributed by atoms with Crippen LogP contribution >= 0.6 is 0 Å². The molecule has 0 aliphatic carbocycles. The molecule has 3 N–H and O–H groups in total. The summed E-state index contributed by atoms with van der Waals surface area (Å²) in [5.41, 5.74) is 1.01. The number of aliphatic hydroxyl groups excluding tert-OH is 1. The minimum absolute atomic E-state index is 0.333. The molecule has 0 spiro atoms. The number of benzene rings is 1. The van der Waals surface area contributed by atoms with E-state index in [9.17, 15) is 9.59 Å². The normalized spacial score (nSPS) is 11.8. The van der Waals surface area contributed by atoms with Gasteiger partial charge in [-0.1, -0.05) is 0 Å². The van der Waals surface area contributed by atoms with Gasteiger partial charge in [-0.15, -0.1) is 5.10 Å². The average Bonchev–Trinajstić information content (AvgIpc) is 2.98. The van der Waals surface area contributed by atoms with E-state index in [-0.39, 0.29) is 6.54 Å². The molecular weight excluding hydrogens is 266 g/mol. The second kappa shape index (κ2) is 5.89. The van der Waals surface area contributed by atoms with Gasteiger partial charge in [0.05, 0.1) is 12.2 Å². The summed E-state index contributed by atoms with van der Waals surface area (Å²) in [6, 6.07) is 6.36. The second-order valence-corrected chi connectivity index (χ2v) is 3.87. The van der Waals surface area contributed by atoms with Gasteiger partial charge in [0, 0.05) is 5.56 Å². The van der Waals surface area contributed by atoms with Crippen LogP contribution in [0.3, 0.4) is 0 Å². The van der Waals surface area contributed by atoms with E-state index in [1.165, 1.54) is 11.0 Å². The summed E-state index contributed by atoms with van der Waals surface area (Å²) < 4.78 is 1.43. The molecule has 0 aliphatic heterocycles. The molecule has 1 heterocycles. The third-order valence-corrected chi connectivity index (χ3v) is 2.48. The van der Waals surface area contributed by atoms with E-state index in [0.29, 0.717) is 11.3 Å². The molecule has 1 unspecified atom stereocenters. The molecule has 9 nitrogen and oxygen atoms in total. The van der Waals surface area contributed by atoms with Crippen molar-refractivity contribution in [2.24, 2.45) is 0 Å². The van der Waals surface area contributed by atoms with Crippen LogP contribution in [0.4, 0.5) is 0 Å². The van der Waals surface area contributed by atoms with Gasteiger partial charge in [0.15, 0.2) is 6.10 Å². The fourth-order valence-corrected chi connectivity index (χ4v) is 1.42. The van der Waals surface area contributed by atoms with Crippen LogP contribution in [0.5, 0.6) is 0 Å². The lowest BCUT2D eigenvalue weighted by Gasteiger charge is -2.08. The summed E-state index contributed by atoms with van der Waals surface area (Å²) in [5, 5.41) is 30.5. The number of hydrogen-bond acceptors (Lipinski definition) is 6. The predicted molar refractivity (Wildman–Crippen MR) is 65.1 cm³/mol. The van der Waals surface area contributed by atoms with Crippen molar-refractivity contribution in [3.8, 4) is 5.69 Å². The van der Waals surface area contributed by atoms with Crippen molar-refractivity contribution in [1.29, 1.82) is 0 Å². The number of amides is 1. The molecule has 0 aliphatic rings. The molecule has 0 radical (unpaired) electrons. The van der Waals surface area contributed by atoms with E-state index in [0.717, 1.165) is 0 Å². The first-order valence-corrected chi connectivity index (χ1v) is 5.60. The van der Waals surface area contributed by atoms with Gasteiger partial charge in [0.2, 0.25) is 0 Å². The Morgan fingerprint density at radius 2 is 2.00 bits per heavy atom. The second-order valence-electron chi connectivity index (χ2n) is 3.87. The van der Waals surface area contributed by atoms with E-state index < -0.39 is 18.0 Å². The van der Waals surface area contributed by atoms with E-state index in [2.05, 4.69) is 20.8 Å². The lowest BCUT2D eigenvalue weighted by atomic mass is 10.2. The number of nitrogens with zero attached hydrogens (tertiary/aromatic N) is 4. The Kier molecular flexibility index (Phi) is 4.01. The van der Waals surface area contributed by atoms with E-state index in [4.69, 9.17) is 10.2 Å². The Morgan fingerprint density at radius 3 is 2.55 bits per heavy atom. The van der Waals surface area contributed by atoms with Crippen LogP contribution in [0.2, 0.25) is 0 Å².